The van der Waals surface area contributed by atoms with Crippen LogP contribution >= 0.6 is 0 Å². The first-order chi connectivity index (χ1) is 9.20. The maximum absolute atomic E-state index is 5.93. The highest BCUT2D eigenvalue weighted by Gasteiger charge is 2.10. The van der Waals surface area contributed by atoms with Gasteiger partial charge in [-0.25, -0.2) is 0 Å². The summed E-state index contributed by atoms with van der Waals surface area (Å²) in [6.07, 6.45) is 1.75. The molecule has 2 aromatic rings. The SMILES string of the molecule is CCNC(C)c1ccccc1Oc1ccc(C)nc1. The average Bonchev–Trinajstić information content (AvgIpc) is 2.42. The molecule has 1 atom stereocenters. The second-order valence-electron chi connectivity index (χ2n) is 4.55. The van der Waals surface area contributed by atoms with E-state index in [2.05, 4.69) is 30.2 Å². The molecular formula is C16H20N2O. The van der Waals surface area contributed by atoms with Crippen molar-refractivity contribution in [2.45, 2.75) is 26.8 Å². The molecule has 3 nitrogen and oxygen atoms in total. The predicted octanol–water partition coefficient (Wildman–Crippen LogP) is 3.85. The first-order valence-electron chi connectivity index (χ1n) is 6.63. The third-order valence-corrected chi connectivity index (χ3v) is 3.01. The molecule has 1 N–H and O–H groups in total. The van der Waals surface area contributed by atoms with Crippen molar-refractivity contribution in [1.29, 1.82) is 0 Å². The highest BCUT2D eigenvalue weighted by molar-refractivity contribution is 5.39. The summed E-state index contributed by atoms with van der Waals surface area (Å²) in [6, 6.07) is 12.2. The van der Waals surface area contributed by atoms with Gasteiger partial charge >= 0.3 is 0 Å². The summed E-state index contributed by atoms with van der Waals surface area (Å²) in [6.45, 7) is 7.13. The van der Waals surface area contributed by atoms with Crippen LogP contribution in [0.3, 0.4) is 0 Å². The fraction of sp³-hybridized carbons (Fsp3) is 0.312. The minimum atomic E-state index is 0.264. The number of hydrogen-bond acceptors (Lipinski definition) is 3. The van der Waals surface area contributed by atoms with E-state index < -0.39 is 0 Å². The van der Waals surface area contributed by atoms with E-state index in [4.69, 9.17) is 4.74 Å². The van der Waals surface area contributed by atoms with E-state index in [1.165, 1.54) is 0 Å². The Hall–Kier alpha value is -1.87. The Morgan fingerprint density at radius 1 is 1.21 bits per heavy atom. The quantitative estimate of drug-likeness (QED) is 0.882. The van der Waals surface area contributed by atoms with E-state index in [-0.39, 0.29) is 6.04 Å². The highest BCUT2D eigenvalue weighted by Crippen LogP contribution is 2.29. The molecule has 0 aliphatic rings. The van der Waals surface area contributed by atoms with Crippen molar-refractivity contribution in [3.8, 4) is 11.5 Å². The third-order valence-electron chi connectivity index (χ3n) is 3.01. The standard InChI is InChI=1S/C16H20N2O/c1-4-17-13(3)15-7-5-6-8-16(15)19-14-10-9-12(2)18-11-14/h5-11,13,17H,4H2,1-3H3. The van der Waals surface area contributed by atoms with Crippen LogP contribution in [0.15, 0.2) is 42.6 Å². The van der Waals surface area contributed by atoms with Gasteiger partial charge in [-0.3, -0.25) is 4.98 Å². The lowest BCUT2D eigenvalue weighted by Gasteiger charge is -2.17. The lowest BCUT2D eigenvalue weighted by Crippen LogP contribution is -2.18. The summed E-state index contributed by atoms with van der Waals surface area (Å²) in [5.74, 6) is 1.64. The number of aryl methyl sites for hydroxylation is 1. The van der Waals surface area contributed by atoms with Crippen molar-refractivity contribution in [3.05, 3.63) is 53.9 Å². The van der Waals surface area contributed by atoms with E-state index in [1.807, 2.05) is 37.3 Å². The second-order valence-corrected chi connectivity index (χ2v) is 4.55. The molecule has 0 spiro atoms. The number of nitrogens with zero attached hydrogens (tertiary/aromatic N) is 1. The third kappa shape index (κ3) is 3.55. The Balaban J connectivity index is 2.22. The molecule has 2 rings (SSSR count). The van der Waals surface area contributed by atoms with Gasteiger partial charge in [-0.2, -0.15) is 0 Å². The van der Waals surface area contributed by atoms with Gasteiger partial charge in [-0.15, -0.1) is 0 Å². The topological polar surface area (TPSA) is 34.1 Å². The summed E-state index contributed by atoms with van der Waals surface area (Å²) >= 11 is 0. The molecule has 0 aliphatic carbocycles. The van der Waals surface area contributed by atoms with Gasteiger partial charge in [-0.05, 0) is 38.6 Å². The van der Waals surface area contributed by atoms with Crippen LogP contribution in [0.2, 0.25) is 0 Å². The molecule has 19 heavy (non-hydrogen) atoms. The minimum Gasteiger partial charge on any atom is -0.455 e. The van der Waals surface area contributed by atoms with Crippen molar-refractivity contribution in [1.82, 2.24) is 10.3 Å². The summed E-state index contributed by atoms with van der Waals surface area (Å²) < 4.78 is 5.93. The Labute approximate surface area is 114 Å². The molecule has 1 aromatic carbocycles. The van der Waals surface area contributed by atoms with Gasteiger partial charge in [0.05, 0.1) is 6.20 Å². The number of rotatable bonds is 5. The van der Waals surface area contributed by atoms with Gasteiger partial charge in [0.15, 0.2) is 0 Å². The van der Waals surface area contributed by atoms with Crippen LogP contribution in [0.5, 0.6) is 11.5 Å². The van der Waals surface area contributed by atoms with Crippen LogP contribution in [-0.4, -0.2) is 11.5 Å². The molecule has 3 heteroatoms. The number of hydrogen-bond donors (Lipinski definition) is 1. The summed E-state index contributed by atoms with van der Waals surface area (Å²) in [4.78, 5) is 4.25. The number of aromatic nitrogens is 1. The minimum absolute atomic E-state index is 0.264. The Bertz CT molecular complexity index is 523. The molecule has 0 bridgehead atoms. The summed E-state index contributed by atoms with van der Waals surface area (Å²) in [7, 11) is 0. The number of benzene rings is 1. The molecule has 100 valence electrons. The second kappa shape index (κ2) is 6.34. The van der Waals surface area contributed by atoms with E-state index in [9.17, 15) is 0 Å². The van der Waals surface area contributed by atoms with Gasteiger partial charge in [0.25, 0.3) is 0 Å². The average molecular weight is 256 g/mol. The van der Waals surface area contributed by atoms with Crippen molar-refractivity contribution >= 4 is 0 Å². The smallest absolute Gasteiger partial charge is 0.145 e. The van der Waals surface area contributed by atoms with Crippen molar-refractivity contribution in [2.24, 2.45) is 0 Å². The molecule has 0 aliphatic heterocycles. The molecule has 0 radical (unpaired) electrons. The largest absolute Gasteiger partial charge is 0.455 e. The number of pyridine rings is 1. The van der Waals surface area contributed by atoms with Crippen LogP contribution in [0.25, 0.3) is 0 Å². The Morgan fingerprint density at radius 3 is 2.68 bits per heavy atom. The molecule has 1 unspecified atom stereocenters. The normalized spacial score (nSPS) is 12.2. The van der Waals surface area contributed by atoms with Gasteiger partial charge in [0, 0.05) is 17.3 Å². The Morgan fingerprint density at radius 2 is 2.00 bits per heavy atom. The molecule has 0 fully saturated rings. The fourth-order valence-electron chi connectivity index (χ4n) is 1.99. The van der Waals surface area contributed by atoms with E-state index >= 15 is 0 Å². The number of nitrogens with one attached hydrogen (secondary N) is 1. The maximum Gasteiger partial charge on any atom is 0.145 e. The number of ether oxygens (including phenoxy) is 1. The van der Waals surface area contributed by atoms with Gasteiger partial charge < -0.3 is 10.1 Å². The first-order valence-corrected chi connectivity index (χ1v) is 6.63. The molecule has 1 aromatic heterocycles. The van der Waals surface area contributed by atoms with Crippen LogP contribution in [0.4, 0.5) is 0 Å². The zero-order valence-corrected chi connectivity index (χ0v) is 11.7. The molecule has 0 saturated heterocycles. The van der Waals surface area contributed by atoms with Gasteiger partial charge in [0.1, 0.15) is 11.5 Å². The fourth-order valence-corrected chi connectivity index (χ4v) is 1.99. The van der Waals surface area contributed by atoms with Crippen molar-refractivity contribution < 1.29 is 4.74 Å². The van der Waals surface area contributed by atoms with Crippen LogP contribution in [-0.2, 0) is 0 Å². The number of para-hydroxylation sites is 1. The lowest BCUT2D eigenvalue weighted by atomic mass is 10.1. The lowest BCUT2D eigenvalue weighted by molar-refractivity contribution is 0.461. The molecule has 0 amide bonds. The molecule has 1 heterocycles. The van der Waals surface area contributed by atoms with Gasteiger partial charge in [-0.1, -0.05) is 25.1 Å². The van der Waals surface area contributed by atoms with E-state index in [1.54, 1.807) is 6.20 Å². The zero-order valence-electron chi connectivity index (χ0n) is 11.7. The van der Waals surface area contributed by atoms with Crippen LogP contribution in [0.1, 0.15) is 31.1 Å². The van der Waals surface area contributed by atoms with E-state index in [0.29, 0.717) is 0 Å². The Kier molecular flexibility index (Phi) is 4.53. The highest BCUT2D eigenvalue weighted by atomic mass is 16.5. The van der Waals surface area contributed by atoms with Crippen LogP contribution in [0, 0.1) is 6.92 Å². The summed E-state index contributed by atoms with van der Waals surface area (Å²) in [5, 5.41) is 3.40. The molecule has 0 saturated carbocycles. The van der Waals surface area contributed by atoms with Gasteiger partial charge in [0.2, 0.25) is 0 Å². The van der Waals surface area contributed by atoms with E-state index in [0.717, 1.165) is 29.3 Å². The van der Waals surface area contributed by atoms with Crippen molar-refractivity contribution in [2.75, 3.05) is 6.54 Å². The first kappa shape index (κ1) is 13.6. The zero-order chi connectivity index (χ0) is 13.7. The van der Waals surface area contributed by atoms with Crippen LogP contribution < -0.4 is 10.1 Å². The summed E-state index contributed by atoms with van der Waals surface area (Å²) in [5.41, 5.74) is 2.14. The monoisotopic (exact) mass is 256 g/mol. The van der Waals surface area contributed by atoms with Crippen molar-refractivity contribution in [3.63, 3.8) is 0 Å². The predicted molar refractivity (Wildman–Crippen MR) is 77.6 cm³/mol. The maximum atomic E-state index is 5.93. The molecular weight excluding hydrogens is 236 g/mol.